The highest BCUT2D eigenvalue weighted by molar-refractivity contribution is 5.35. The van der Waals surface area contributed by atoms with Crippen molar-refractivity contribution in [2.24, 2.45) is 0 Å². The van der Waals surface area contributed by atoms with Crippen LogP contribution in [0.3, 0.4) is 0 Å². The van der Waals surface area contributed by atoms with Crippen molar-refractivity contribution >= 4 is 0 Å². The number of alkyl halides is 1. The maximum Gasteiger partial charge on any atom is 0.133 e. The predicted octanol–water partition coefficient (Wildman–Crippen LogP) is 6.55. The highest BCUT2D eigenvalue weighted by Crippen LogP contribution is 2.43. The third-order valence-corrected chi connectivity index (χ3v) is 6.70. The van der Waals surface area contributed by atoms with Gasteiger partial charge in [-0.1, -0.05) is 72.8 Å². The van der Waals surface area contributed by atoms with Gasteiger partial charge in [-0.25, -0.2) is 4.39 Å². The summed E-state index contributed by atoms with van der Waals surface area (Å²) in [6, 6.07) is 28.2. The zero-order valence-electron chi connectivity index (χ0n) is 18.3. The fraction of sp³-hybridized carbons (Fsp3) is 0.357. The van der Waals surface area contributed by atoms with E-state index in [1.165, 1.54) is 5.56 Å². The minimum Gasteiger partial charge on any atom is -0.489 e. The molecule has 0 aliphatic carbocycles. The third kappa shape index (κ3) is 5.34. The number of hydrogen-bond donors (Lipinski definition) is 1. The van der Waals surface area contributed by atoms with Crippen molar-refractivity contribution in [3.05, 3.63) is 102 Å². The van der Waals surface area contributed by atoms with Crippen molar-refractivity contribution in [1.82, 2.24) is 5.32 Å². The lowest BCUT2D eigenvalue weighted by Crippen LogP contribution is -2.40. The first kappa shape index (κ1) is 21.6. The second-order valence-electron chi connectivity index (χ2n) is 8.90. The van der Waals surface area contributed by atoms with Gasteiger partial charge in [-0.3, -0.25) is 0 Å². The van der Waals surface area contributed by atoms with E-state index >= 15 is 4.39 Å². The number of nitrogens with one attached hydrogen (secondary N) is 1. The van der Waals surface area contributed by atoms with E-state index in [4.69, 9.17) is 4.74 Å². The van der Waals surface area contributed by atoms with Gasteiger partial charge in [-0.05, 0) is 79.9 Å². The fourth-order valence-corrected chi connectivity index (χ4v) is 4.65. The van der Waals surface area contributed by atoms with Crippen LogP contribution in [0.5, 0.6) is 5.75 Å². The lowest BCUT2D eigenvalue weighted by molar-refractivity contribution is 0.145. The van der Waals surface area contributed by atoms with Gasteiger partial charge in [-0.2, -0.15) is 0 Å². The lowest BCUT2D eigenvalue weighted by Gasteiger charge is -2.40. The average Bonchev–Trinajstić information content (AvgIpc) is 2.84. The van der Waals surface area contributed by atoms with Crippen LogP contribution in [0.15, 0.2) is 84.9 Å². The Labute approximate surface area is 185 Å². The number of piperidine rings is 1. The molecule has 0 radical (unpaired) electrons. The van der Waals surface area contributed by atoms with E-state index in [9.17, 15) is 0 Å². The highest BCUT2D eigenvalue weighted by atomic mass is 19.1. The lowest BCUT2D eigenvalue weighted by atomic mass is 9.68. The second-order valence-corrected chi connectivity index (χ2v) is 8.90. The standard InChI is InChI=1S/C28H32FNO/c1-27(29,24-11-6-3-7-12-24)15-16-28(17-19-30-20-18-28)25-13-8-14-26(21-25)31-22-23-9-4-2-5-10-23/h2-14,21,30H,15-20,22H2,1H3. The smallest absolute Gasteiger partial charge is 0.133 e. The molecule has 1 heterocycles. The summed E-state index contributed by atoms with van der Waals surface area (Å²) in [5.74, 6) is 0.880. The van der Waals surface area contributed by atoms with Gasteiger partial charge in [0.2, 0.25) is 0 Å². The van der Waals surface area contributed by atoms with Crippen LogP contribution in [0.25, 0.3) is 0 Å². The topological polar surface area (TPSA) is 21.3 Å². The highest BCUT2D eigenvalue weighted by Gasteiger charge is 2.37. The summed E-state index contributed by atoms with van der Waals surface area (Å²) < 4.78 is 21.7. The van der Waals surface area contributed by atoms with Crippen LogP contribution in [-0.4, -0.2) is 13.1 Å². The van der Waals surface area contributed by atoms with Crippen molar-refractivity contribution in [1.29, 1.82) is 0 Å². The van der Waals surface area contributed by atoms with E-state index < -0.39 is 5.67 Å². The molecule has 1 atom stereocenters. The van der Waals surface area contributed by atoms with Crippen molar-refractivity contribution in [2.75, 3.05) is 13.1 Å². The number of ether oxygens (including phenoxy) is 1. The summed E-state index contributed by atoms with van der Waals surface area (Å²) >= 11 is 0. The van der Waals surface area contributed by atoms with E-state index in [0.717, 1.165) is 49.2 Å². The van der Waals surface area contributed by atoms with Gasteiger partial charge in [0, 0.05) is 0 Å². The van der Waals surface area contributed by atoms with E-state index in [1.54, 1.807) is 6.92 Å². The van der Waals surface area contributed by atoms with Crippen molar-refractivity contribution in [3.8, 4) is 5.75 Å². The minimum atomic E-state index is -1.33. The molecular weight excluding hydrogens is 385 g/mol. The van der Waals surface area contributed by atoms with Crippen molar-refractivity contribution < 1.29 is 9.13 Å². The number of hydrogen-bond acceptors (Lipinski definition) is 2. The van der Waals surface area contributed by atoms with Gasteiger partial charge < -0.3 is 10.1 Å². The van der Waals surface area contributed by atoms with Gasteiger partial charge in [-0.15, -0.1) is 0 Å². The van der Waals surface area contributed by atoms with E-state index in [1.807, 2.05) is 54.6 Å². The van der Waals surface area contributed by atoms with Gasteiger partial charge in [0.15, 0.2) is 0 Å². The second kappa shape index (κ2) is 9.65. The summed E-state index contributed by atoms with van der Waals surface area (Å²) in [4.78, 5) is 0. The molecular formula is C28H32FNO. The summed E-state index contributed by atoms with van der Waals surface area (Å²) in [5, 5.41) is 3.47. The third-order valence-electron chi connectivity index (χ3n) is 6.70. The summed E-state index contributed by atoms with van der Waals surface area (Å²) in [6.07, 6.45) is 3.35. The molecule has 3 aromatic carbocycles. The first-order valence-electron chi connectivity index (χ1n) is 11.3. The Bertz CT molecular complexity index is 949. The van der Waals surface area contributed by atoms with Crippen molar-refractivity contribution in [3.63, 3.8) is 0 Å². The molecule has 1 saturated heterocycles. The Morgan fingerprint density at radius 2 is 1.58 bits per heavy atom. The molecule has 1 aliphatic heterocycles. The zero-order chi connectivity index (χ0) is 21.6. The Morgan fingerprint density at radius 1 is 0.903 bits per heavy atom. The molecule has 0 aromatic heterocycles. The van der Waals surface area contributed by atoms with Crippen molar-refractivity contribution in [2.45, 2.75) is 50.3 Å². The number of halogens is 1. The fourth-order valence-electron chi connectivity index (χ4n) is 4.65. The molecule has 162 valence electrons. The average molecular weight is 418 g/mol. The van der Waals surface area contributed by atoms with Crippen LogP contribution in [0.2, 0.25) is 0 Å². The molecule has 0 bridgehead atoms. The first-order valence-corrected chi connectivity index (χ1v) is 11.3. The monoisotopic (exact) mass is 417 g/mol. The molecule has 3 heteroatoms. The Kier molecular flexibility index (Phi) is 6.72. The molecule has 1 aliphatic rings. The zero-order valence-corrected chi connectivity index (χ0v) is 18.3. The van der Waals surface area contributed by atoms with E-state index in [-0.39, 0.29) is 5.41 Å². The van der Waals surface area contributed by atoms with Crippen LogP contribution in [-0.2, 0) is 17.7 Å². The molecule has 31 heavy (non-hydrogen) atoms. The number of benzene rings is 3. The van der Waals surface area contributed by atoms with Crippen LogP contribution in [0.4, 0.5) is 4.39 Å². The van der Waals surface area contributed by atoms with Crippen LogP contribution >= 0.6 is 0 Å². The van der Waals surface area contributed by atoms with Gasteiger partial charge in [0.1, 0.15) is 18.0 Å². The first-order chi connectivity index (χ1) is 15.1. The normalized spacial score (nSPS) is 17.6. The molecule has 1 unspecified atom stereocenters. The Hall–Kier alpha value is -2.65. The number of rotatable bonds is 8. The quantitative estimate of drug-likeness (QED) is 0.449. The summed E-state index contributed by atoms with van der Waals surface area (Å²) in [6.45, 7) is 4.19. The largest absolute Gasteiger partial charge is 0.489 e. The van der Waals surface area contributed by atoms with Gasteiger partial charge in [0.05, 0.1) is 0 Å². The molecule has 2 nitrogen and oxygen atoms in total. The van der Waals surface area contributed by atoms with Gasteiger partial charge in [0.25, 0.3) is 0 Å². The maximum atomic E-state index is 15.6. The molecule has 0 saturated carbocycles. The van der Waals surface area contributed by atoms with Gasteiger partial charge >= 0.3 is 0 Å². The van der Waals surface area contributed by atoms with Crippen LogP contribution < -0.4 is 10.1 Å². The van der Waals surface area contributed by atoms with E-state index in [0.29, 0.717) is 13.0 Å². The Balaban J connectivity index is 1.52. The minimum absolute atomic E-state index is 0.0283. The molecule has 3 aromatic rings. The molecule has 1 fully saturated rings. The predicted molar refractivity (Wildman–Crippen MR) is 125 cm³/mol. The molecule has 4 rings (SSSR count). The van der Waals surface area contributed by atoms with E-state index in [2.05, 4.69) is 35.6 Å². The molecule has 0 amide bonds. The van der Waals surface area contributed by atoms with Crippen LogP contribution in [0, 0.1) is 0 Å². The SMILES string of the molecule is CC(F)(CCC1(c2cccc(OCc3ccccc3)c2)CCNCC1)c1ccccc1. The Morgan fingerprint density at radius 3 is 2.29 bits per heavy atom. The summed E-state index contributed by atoms with van der Waals surface area (Å²) in [5.41, 5.74) is 1.82. The summed E-state index contributed by atoms with van der Waals surface area (Å²) in [7, 11) is 0. The molecule has 0 spiro atoms. The van der Waals surface area contributed by atoms with Crippen LogP contribution in [0.1, 0.15) is 49.3 Å². The molecule has 1 N–H and O–H groups in total. The maximum absolute atomic E-state index is 15.6.